The number of hydrogen-bond donors (Lipinski definition) is 2. The third-order valence-electron chi connectivity index (χ3n) is 4.63. The highest BCUT2D eigenvalue weighted by Gasteiger charge is 2.09. The lowest BCUT2D eigenvalue weighted by Crippen LogP contribution is -2.38. The van der Waals surface area contributed by atoms with Gasteiger partial charge in [0.25, 0.3) is 0 Å². The van der Waals surface area contributed by atoms with Gasteiger partial charge in [-0.15, -0.1) is 24.0 Å². The van der Waals surface area contributed by atoms with Gasteiger partial charge in [-0.1, -0.05) is 12.1 Å². The maximum absolute atomic E-state index is 5.94. The molecule has 8 nitrogen and oxygen atoms in total. The van der Waals surface area contributed by atoms with Gasteiger partial charge in [-0.2, -0.15) is 0 Å². The van der Waals surface area contributed by atoms with Crippen LogP contribution in [0.2, 0.25) is 0 Å². The molecule has 1 aliphatic rings. The maximum atomic E-state index is 5.94. The van der Waals surface area contributed by atoms with Crippen molar-refractivity contribution >= 4 is 29.9 Å². The molecule has 0 unspecified atom stereocenters. The zero-order valence-corrected chi connectivity index (χ0v) is 21.3. The number of guanidine groups is 1. The first-order valence-corrected chi connectivity index (χ1v) is 10.9. The monoisotopic (exact) mass is 550 g/mol. The van der Waals surface area contributed by atoms with Crippen LogP contribution in [0, 0.1) is 0 Å². The van der Waals surface area contributed by atoms with Crippen LogP contribution in [0.1, 0.15) is 18.9 Å². The van der Waals surface area contributed by atoms with Gasteiger partial charge in [-0.3, -0.25) is 4.90 Å². The van der Waals surface area contributed by atoms with Crippen LogP contribution >= 0.6 is 24.0 Å². The van der Waals surface area contributed by atoms with Crippen LogP contribution in [-0.4, -0.2) is 90.3 Å². The third-order valence-corrected chi connectivity index (χ3v) is 4.63. The number of halogens is 1. The second-order valence-electron chi connectivity index (χ2n) is 7.03. The molecule has 0 amide bonds. The highest BCUT2D eigenvalue weighted by molar-refractivity contribution is 14.0. The first-order valence-electron chi connectivity index (χ1n) is 10.9. The van der Waals surface area contributed by atoms with Crippen LogP contribution in [0.4, 0.5) is 0 Å². The molecule has 1 aromatic rings. The summed E-state index contributed by atoms with van der Waals surface area (Å²) >= 11 is 0. The molecule has 2 rings (SSSR count). The molecule has 31 heavy (non-hydrogen) atoms. The maximum Gasteiger partial charge on any atom is 0.191 e. The molecule has 1 aromatic carbocycles. The van der Waals surface area contributed by atoms with Crippen LogP contribution in [0.15, 0.2) is 29.3 Å². The fourth-order valence-electron chi connectivity index (χ4n) is 2.99. The second-order valence-corrected chi connectivity index (χ2v) is 7.03. The van der Waals surface area contributed by atoms with Crippen molar-refractivity contribution in [3.63, 3.8) is 0 Å². The van der Waals surface area contributed by atoms with E-state index in [1.165, 1.54) is 0 Å². The average Bonchev–Trinajstić information content (AvgIpc) is 2.78. The van der Waals surface area contributed by atoms with Crippen molar-refractivity contribution in [3.05, 3.63) is 29.8 Å². The smallest absolute Gasteiger partial charge is 0.191 e. The average molecular weight is 550 g/mol. The molecule has 1 saturated heterocycles. The Balaban J connectivity index is 0.00000480. The van der Waals surface area contributed by atoms with E-state index in [0.717, 1.165) is 69.6 Å². The standard InChI is InChI=1S/C22H38N4O4.HI/c1-3-23-22(24-8-5-12-28-17-16-27-2)25-19-20-6-4-7-21(18-20)30-15-11-26-9-13-29-14-10-26;/h4,6-7,18H,3,5,8-17,19H2,1-2H3,(H2,23,24,25);1H. The van der Waals surface area contributed by atoms with Gasteiger partial charge < -0.3 is 29.6 Å². The minimum absolute atomic E-state index is 0. The van der Waals surface area contributed by atoms with Gasteiger partial charge >= 0.3 is 0 Å². The molecule has 0 aliphatic carbocycles. The normalized spacial score (nSPS) is 14.7. The molecule has 9 heteroatoms. The van der Waals surface area contributed by atoms with E-state index in [9.17, 15) is 0 Å². The Bertz CT molecular complexity index is 601. The first-order chi connectivity index (χ1) is 14.8. The van der Waals surface area contributed by atoms with Gasteiger partial charge in [0.15, 0.2) is 5.96 Å². The fourth-order valence-corrected chi connectivity index (χ4v) is 2.99. The van der Waals surface area contributed by atoms with Crippen LogP contribution in [0.3, 0.4) is 0 Å². The summed E-state index contributed by atoms with van der Waals surface area (Å²) in [6.45, 7) is 11.5. The molecular formula is C22H39IN4O4. The van der Waals surface area contributed by atoms with E-state index in [1.807, 2.05) is 12.1 Å². The van der Waals surface area contributed by atoms with Crippen molar-refractivity contribution in [1.82, 2.24) is 15.5 Å². The van der Waals surface area contributed by atoms with Gasteiger partial charge in [0.1, 0.15) is 12.4 Å². The Labute approximate surface area is 204 Å². The minimum atomic E-state index is 0. The van der Waals surface area contributed by atoms with Crippen molar-refractivity contribution < 1.29 is 18.9 Å². The number of aliphatic imine (C=N–C) groups is 1. The first kappa shape index (κ1) is 27.9. The van der Waals surface area contributed by atoms with Gasteiger partial charge in [0.2, 0.25) is 0 Å². The topological polar surface area (TPSA) is 76.6 Å². The summed E-state index contributed by atoms with van der Waals surface area (Å²) in [6, 6.07) is 8.16. The summed E-state index contributed by atoms with van der Waals surface area (Å²) in [5.41, 5.74) is 1.12. The van der Waals surface area contributed by atoms with Crippen LogP contribution in [0.25, 0.3) is 0 Å². The fraction of sp³-hybridized carbons (Fsp3) is 0.682. The molecular weight excluding hydrogens is 511 g/mol. The van der Waals surface area contributed by atoms with Crippen molar-refractivity contribution in [3.8, 4) is 5.75 Å². The Morgan fingerprint density at radius 1 is 1.13 bits per heavy atom. The lowest BCUT2D eigenvalue weighted by atomic mass is 10.2. The molecule has 1 heterocycles. The number of nitrogens with zero attached hydrogens (tertiary/aromatic N) is 2. The molecule has 178 valence electrons. The number of ether oxygens (including phenoxy) is 4. The molecule has 1 aliphatic heterocycles. The van der Waals surface area contributed by atoms with E-state index in [4.69, 9.17) is 18.9 Å². The van der Waals surface area contributed by atoms with Crippen molar-refractivity contribution in [2.24, 2.45) is 4.99 Å². The second kappa shape index (κ2) is 18.4. The van der Waals surface area contributed by atoms with Crippen LogP contribution in [0.5, 0.6) is 5.75 Å². The van der Waals surface area contributed by atoms with Gasteiger partial charge in [0, 0.05) is 46.4 Å². The summed E-state index contributed by atoms with van der Waals surface area (Å²) in [6.07, 6.45) is 0.917. The number of nitrogens with one attached hydrogen (secondary N) is 2. The Morgan fingerprint density at radius 3 is 2.74 bits per heavy atom. The van der Waals surface area contributed by atoms with Crippen LogP contribution < -0.4 is 15.4 Å². The summed E-state index contributed by atoms with van der Waals surface area (Å²) in [5, 5.41) is 6.63. The lowest BCUT2D eigenvalue weighted by molar-refractivity contribution is 0.0322. The van der Waals surface area contributed by atoms with E-state index >= 15 is 0 Å². The minimum Gasteiger partial charge on any atom is -0.492 e. The predicted molar refractivity (Wildman–Crippen MR) is 135 cm³/mol. The number of methoxy groups -OCH3 is 1. The van der Waals surface area contributed by atoms with E-state index in [0.29, 0.717) is 33.0 Å². The number of hydrogen-bond acceptors (Lipinski definition) is 6. The molecule has 0 atom stereocenters. The zero-order valence-electron chi connectivity index (χ0n) is 18.9. The predicted octanol–water partition coefficient (Wildman–Crippen LogP) is 2.12. The number of benzene rings is 1. The largest absolute Gasteiger partial charge is 0.492 e. The van der Waals surface area contributed by atoms with Crippen molar-refractivity contribution in [2.45, 2.75) is 19.9 Å². The quantitative estimate of drug-likeness (QED) is 0.159. The Kier molecular flexibility index (Phi) is 16.6. The Hall–Kier alpha value is -1.14. The van der Waals surface area contributed by atoms with Crippen molar-refractivity contribution in [2.75, 3.05) is 79.5 Å². The third kappa shape index (κ3) is 13.1. The zero-order chi connectivity index (χ0) is 21.3. The SMILES string of the molecule is CCNC(=NCc1cccc(OCCN2CCOCC2)c1)NCCCOCCOC.I. The van der Waals surface area contributed by atoms with Gasteiger partial charge in [-0.25, -0.2) is 4.99 Å². The van der Waals surface area contributed by atoms with E-state index in [1.54, 1.807) is 7.11 Å². The van der Waals surface area contributed by atoms with E-state index < -0.39 is 0 Å². The molecule has 0 spiro atoms. The number of morpholine rings is 1. The highest BCUT2D eigenvalue weighted by atomic mass is 127. The molecule has 0 aromatic heterocycles. The van der Waals surface area contributed by atoms with Crippen LogP contribution in [-0.2, 0) is 20.8 Å². The summed E-state index contributed by atoms with van der Waals surface area (Å²) < 4.78 is 21.8. The van der Waals surface area contributed by atoms with Gasteiger partial charge in [-0.05, 0) is 31.0 Å². The van der Waals surface area contributed by atoms with E-state index in [2.05, 4.69) is 39.6 Å². The molecule has 0 bridgehead atoms. The Morgan fingerprint density at radius 2 is 1.97 bits per heavy atom. The molecule has 0 saturated carbocycles. The molecule has 1 fully saturated rings. The van der Waals surface area contributed by atoms with Crippen molar-refractivity contribution in [1.29, 1.82) is 0 Å². The molecule has 0 radical (unpaired) electrons. The van der Waals surface area contributed by atoms with Gasteiger partial charge in [0.05, 0.1) is 33.0 Å². The summed E-state index contributed by atoms with van der Waals surface area (Å²) in [4.78, 5) is 7.05. The number of rotatable bonds is 14. The summed E-state index contributed by atoms with van der Waals surface area (Å²) in [7, 11) is 1.68. The van der Waals surface area contributed by atoms with E-state index in [-0.39, 0.29) is 24.0 Å². The summed E-state index contributed by atoms with van der Waals surface area (Å²) in [5.74, 6) is 1.70. The lowest BCUT2D eigenvalue weighted by Gasteiger charge is -2.26. The highest BCUT2D eigenvalue weighted by Crippen LogP contribution is 2.14. The molecule has 2 N–H and O–H groups in total.